The van der Waals surface area contributed by atoms with Crippen LogP contribution in [0.1, 0.15) is 6.92 Å². The highest BCUT2D eigenvalue weighted by atomic mass is 19.1. The fourth-order valence-electron chi connectivity index (χ4n) is 1.59. The Balaban J connectivity index is 2.12. The van der Waals surface area contributed by atoms with E-state index in [9.17, 15) is 9.18 Å². The van der Waals surface area contributed by atoms with Crippen LogP contribution >= 0.6 is 0 Å². The zero-order valence-electron chi connectivity index (χ0n) is 9.90. The van der Waals surface area contributed by atoms with Crippen LogP contribution in [0.2, 0.25) is 0 Å². The molecule has 94 valence electrons. The third-order valence-electron chi connectivity index (χ3n) is 2.39. The molecular formula is C12H13FN4O. The van der Waals surface area contributed by atoms with Crippen LogP contribution in [-0.4, -0.2) is 29.0 Å². The lowest BCUT2D eigenvalue weighted by Gasteiger charge is -2.08. The molecule has 1 aromatic heterocycles. The first-order chi connectivity index (χ1) is 8.66. The second-order valence-corrected chi connectivity index (χ2v) is 3.79. The molecule has 18 heavy (non-hydrogen) atoms. The van der Waals surface area contributed by atoms with Crippen molar-refractivity contribution < 1.29 is 9.18 Å². The Kier molecular flexibility index (Phi) is 3.66. The summed E-state index contributed by atoms with van der Waals surface area (Å²) in [6.45, 7) is 2.45. The number of halogens is 1. The molecule has 0 aliphatic carbocycles. The fraction of sp³-hybridized carbons (Fsp3) is 0.250. The van der Waals surface area contributed by atoms with Gasteiger partial charge in [-0.05, 0) is 18.2 Å². The molecule has 1 heterocycles. The van der Waals surface area contributed by atoms with Crippen LogP contribution in [0.3, 0.4) is 0 Å². The first-order valence-electron chi connectivity index (χ1n) is 5.55. The summed E-state index contributed by atoms with van der Waals surface area (Å²) in [7, 11) is 0. The molecule has 2 N–H and O–H groups in total. The number of aromatic nitrogens is 2. The van der Waals surface area contributed by atoms with E-state index in [1.807, 2.05) is 0 Å². The van der Waals surface area contributed by atoms with E-state index in [-0.39, 0.29) is 11.7 Å². The molecule has 0 aliphatic rings. The van der Waals surface area contributed by atoms with Gasteiger partial charge in [0.1, 0.15) is 18.0 Å². The minimum atomic E-state index is -0.331. The molecule has 0 saturated carbocycles. The van der Waals surface area contributed by atoms with Gasteiger partial charge in [-0.1, -0.05) is 0 Å². The fourth-order valence-corrected chi connectivity index (χ4v) is 1.59. The lowest BCUT2D eigenvalue weighted by Crippen LogP contribution is -2.26. The number of carbonyl (C=O) groups excluding carboxylic acids is 1. The summed E-state index contributed by atoms with van der Waals surface area (Å²) in [6, 6.07) is 4.35. The smallest absolute Gasteiger partial charge is 0.216 e. The SMILES string of the molecule is CC(=O)NCCNc1ncnc2ccc(F)cc12. The number of carbonyl (C=O) groups is 1. The minimum absolute atomic E-state index is 0.0876. The molecule has 0 spiro atoms. The van der Waals surface area contributed by atoms with Gasteiger partial charge in [0.15, 0.2) is 0 Å². The molecule has 0 radical (unpaired) electrons. The van der Waals surface area contributed by atoms with E-state index >= 15 is 0 Å². The average Bonchev–Trinajstić information content (AvgIpc) is 2.34. The Hall–Kier alpha value is -2.24. The number of hydrogen-bond acceptors (Lipinski definition) is 4. The van der Waals surface area contributed by atoms with Crippen LogP contribution in [-0.2, 0) is 4.79 Å². The molecule has 5 nitrogen and oxygen atoms in total. The van der Waals surface area contributed by atoms with Gasteiger partial charge >= 0.3 is 0 Å². The predicted molar refractivity (Wildman–Crippen MR) is 66.7 cm³/mol. The molecule has 1 aromatic carbocycles. The van der Waals surface area contributed by atoms with Crippen molar-refractivity contribution in [1.29, 1.82) is 0 Å². The Morgan fingerprint density at radius 3 is 2.94 bits per heavy atom. The van der Waals surface area contributed by atoms with Gasteiger partial charge in [0.2, 0.25) is 5.91 Å². The molecule has 2 rings (SSSR count). The van der Waals surface area contributed by atoms with Gasteiger partial charge in [0, 0.05) is 25.4 Å². The lowest BCUT2D eigenvalue weighted by molar-refractivity contribution is -0.118. The highest BCUT2D eigenvalue weighted by Crippen LogP contribution is 2.19. The van der Waals surface area contributed by atoms with Crippen LogP contribution in [0.5, 0.6) is 0 Å². The second-order valence-electron chi connectivity index (χ2n) is 3.79. The van der Waals surface area contributed by atoms with Gasteiger partial charge in [-0.15, -0.1) is 0 Å². The third kappa shape index (κ3) is 2.91. The number of anilines is 1. The summed E-state index contributed by atoms with van der Waals surface area (Å²) in [5.41, 5.74) is 0.674. The monoisotopic (exact) mass is 248 g/mol. The average molecular weight is 248 g/mol. The topological polar surface area (TPSA) is 66.9 Å². The van der Waals surface area contributed by atoms with Crippen LogP contribution < -0.4 is 10.6 Å². The van der Waals surface area contributed by atoms with Crippen molar-refractivity contribution in [1.82, 2.24) is 15.3 Å². The summed E-state index contributed by atoms with van der Waals surface area (Å²) < 4.78 is 13.2. The second kappa shape index (κ2) is 5.39. The van der Waals surface area contributed by atoms with Crippen molar-refractivity contribution in [2.75, 3.05) is 18.4 Å². The molecule has 0 saturated heterocycles. The maximum atomic E-state index is 13.2. The van der Waals surface area contributed by atoms with Gasteiger partial charge in [-0.25, -0.2) is 14.4 Å². The van der Waals surface area contributed by atoms with Crippen molar-refractivity contribution in [3.8, 4) is 0 Å². The molecule has 0 bridgehead atoms. The lowest BCUT2D eigenvalue weighted by atomic mass is 10.2. The molecule has 0 unspecified atom stereocenters. The van der Waals surface area contributed by atoms with Crippen molar-refractivity contribution >= 4 is 22.6 Å². The third-order valence-corrected chi connectivity index (χ3v) is 2.39. The highest BCUT2D eigenvalue weighted by molar-refractivity contribution is 5.88. The van der Waals surface area contributed by atoms with E-state index in [0.717, 1.165) is 0 Å². The normalized spacial score (nSPS) is 10.3. The quantitative estimate of drug-likeness (QED) is 0.801. The van der Waals surface area contributed by atoms with Crippen LogP contribution in [0.4, 0.5) is 10.2 Å². The molecule has 0 atom stereocenters. The first kappa shape index (κ1) is 12.2. The number of hydrogen-bond donors (Lipinski definition) is 2. The maximum Gasteiger partial charge on any atom is 0.216 e. The highest BCUT2D eigenvalue weighted by Gasteiger charge is 2.04. The Bertz CT molecular complexity index is 573. The van der Waals surface area contributed by atoms with Gasteiger partial charge < -0.3 is 10.6 Å². The minimum Gasteiger partial charge on any atom is -0.368 e. The van der Waals surface area contributed by atoms with E-state index in [1.54, 1.807) is 6.07 Å². The van der Waals surface area contributed by atoms with Crippen molar-refractivity contribution in [2.45, 2.75) is 6.92 Å². The van der Waals surface area contributed by atoms with E-state index < -0.39 is 0 Å². The summed E-state index contributed by atoms with van der Waals surface area (Å²) in [6.07, 6.45) is 1.42. The summed E-state index contributed by atoms with van der Waals surface area (Å²) >= 11 is 0. The van der Waals surface area contributed by atoms with Crippen molar-refractivity contribution in [2.24, 2.45) is 0 Å². The van der Waals surface area contributed by atoms with Crippen LogP contribution in [0, 0.1) is 5.82 Å². The van der Waals surface area contributed by atoms with E-state index in [1.165, 1.54) is 25.4 Å². The zero-order valence-corrected chi connectivity index (χ0v) is 9.90. The molecule has 2 aromatic rings. The van der Waals surface area contributed by atoms with Crippen molar-refractivity contribution in [3.63, 3.8) is 0 Å². The van der Waals surface area contributed by atoms with Crippen molar-refractivity contribution in [3.05, 3.63) is 30.3 Å². The van der Waals surface area contributed by atoms with Gasteiger partial charge in [-0.2, -0.15) is 0 Å². The summed E-state index contributed by atoms with van der Waals surface area (Å²) in [4.78, 5) is 18.8. The van der Waals surface area contributed by atoms with Crippen LogP contribution in [0.25, 0.3) is 10.9 Å². The molecular weight excluding hydrogens is 235 g/mol. The number of rotatable bonds is 4. The van der Waals surface area contributed by atoms with Crippen LogP contribution in [0.15, 0.2) is 24.5 Å². The number of benzene rings is 1. The van der Waals surface area contributed by atoms with E-state index in [0.29, 0.717) is 29.8 Å². The van der Waals surface area contributed by atoms with Gasteiger partial charge in [-0.3, -0.25) is 4.79 Å². The van der Waals surface area contributed by atoms with E-state index in [4.69, 9.17) is 0 Å². The Morgan fingerprint density at radius 2 is 2.17 bits per heavy atom. The zero-order chi connectivity index (χ0) is 13.0. The predicted octanol–water partition coefficient (Wildman–Crippen LogP) is 1.32. The number of amides is 1. The molecule has 1 amide bonds. The molecule has 6 heteroatoms. The number of nitrogens with zero attached hydrogens (tertiary/aromatic N) is 2. The number of nitrogens with one attached hydrogen (secondary N) is 2. The maximum absolute atomic E-state index is 13.2. The summed E-state index contributed by atoms with van der Waals surface area (Å²) in [5.74, 6) is 0.141. The largest absolute Gasteiger partial charge is 0.368 e. The number of fused-ring (bicyclic) bond motifs is 1. The first-order valence-corrected chi connectivity index (χ1v) is 5.55. The van der Waals surface area contributed by atoms with Gasteiger partial charge in [0.25, 0.3) is 0 Å². The van der Waals surface area contributed by atoms with Gasteiger partial charge in [0.05, 0.1) is 5.52 Å². The Labute approximate surface area is 103 Å². The molecule has 0 aliphatic heterocycles. The molecule has 0 fully saturated rings. The Morgan fingerprint density at radius 1 is 1.33 bits per heavy atom. The standard InChI is InChI=1S/C12H13FN4O/c1-8(18)14-4-5-15-12-10-6-9(13)2-3-11(10)16-7-17-12/h2-3,6-7H,4-5H2,1H3,(H,14,18)(H,15,16,17). The summed E-state index contributed by atoms with van der Waals surface area (Å²) in [5, 5.41) is 6.32. The van der Waals surface area contributed by atoms with E-state index in [2.05, 4.69) is 20.6 Å².